The van der Waals surface area contributed by atoms with Gasteiger partial charge in [-0.2, -0.15) is 0 Å². The topological polar surface area (TPSA) is 34.1 Å². The van der Waals surface area contributed by atoms with E-state index in [-0.39, 0.29) is 22.3 Å². The maximum Gasteiger partial charge on any atom is 0.119 e. The van der Waals surface area contributed by atoms with Crippen molar-refractivity contribution in [3.8, 4) is 0 Å². The van der Waals surface area contributed by atoms with Gasteiger partial charge < -0.3 is 9.59 Å². The van der Waals surface area contributed by atoms with Crippen LogP contribution in [0.5, 0.6) is 0 Å². The molecule has 0 aliphatic rings. The quantitative estimate of drug-likeness (QED) is 0.552. The fourth-order valence-electron chi connectivity index (χ4n) is 0. The first-order chi connectivity index (χ1) is 4.83. The molecule has 13 heavy (non-hydrogen) atoms. The summed E-state index contributed by atoms with van der Waals surface area (Å²) >= 11 is 3.25. The molecule has 0 aromatic rings. The van der Waals surface area contributed by atoms with Crippen LogP contribution in [0, 0.1) is 0 Å². The largest absolute Gasteiger partial charge is 0.307 e. The second-order valence-electron chi connectivity index (χ2n) is 1.26. The summed E-state index contributed by atoms with van der Waals surface area (Å²) in [4.78, 5) is 17.2. The highest BCUT2D eigenvalue weighted by molar-refractivity contribution is 9.09. The first-order valence-corrected chi connectivity index (χ1v) is 4.24. The molecular weight excluding hydrogens is 232 g/mol. The van der Waals surface area contributed by atoms with E-state index >= 15 is 0 Å². The van der Waals surface area contributed by atoms with Crippen LogP contribution in [0.25, 0.3) is 0 Å². The molecule has 0 atom stereocenters. The third kappa shape index (κ3) is 344. The van der Waals surface area contributed by atoms with Crippen LogP contribution in [0.1, 0.15) is 49.0 Å². The zero-order valence-electron chi connectivity index (χ0n) is 6.60. The van der Waals surface area contributed by atoms with Crippen molar-refractivity contribution >= 4 is 29.0 Å². The van der Waals surface area contributed by atoms with Gasteiger partial charge in [0.15, 0.2) is 0 Å². The Labute approximate surface area is 93.2 Å². The zero-order valence-corrected chi connectivity index (χ0v) is 8.19. The van der Waals surface area contributed by atoms with Crippen molar-refractivity contribution in [2.24, 2.45) is 0 Å². The lowest BCUT2D eigenvalue weighted by Gasteiger charge is -1.66. The first-order valence-electron chi connectivity index (χ1n) is 3.11. The SMILES string of the molecule is C.C.C.C=O.CCC=O.CCCBr. The van der Waals surface area contributed by atoms with Crippen molar-refractivity contribution in [1.82, 2.24) is 0 Å². The summed E-state index contributed by atoms with van der Waals surface area (Å²) in [5.41, 5.74) is 0. The van der Waals surface area contributed by atoms with Gasteiger partial charge >= 0.3 is 0 Å². The standard InChI is InChI=1S/C3H7Br.C3H6O.CH2O.3CH4/c2*1-2-3-4;1-2;;;/h2-3H2,1H3;3H,2H2,1H3;1H2;3*1H4. The first kappa shape index (κ1) is 38.5. The van der Waals surface area contributed by atoms with Gasteiger partial charge in [0.05, 0.1) is 0 Å². The number of alkyl halides is 1. The van der Waals surface area contributed by atoms with Crippen LogP contribution < -0.4 is 0 Å². The summed E-state index contributed by atoms with van der Waals surface area (Å²) in [5.74, 6) is 0. The molecule has 0 aromatic heterocycles. The van der Waals surface area contributed by atoms with Gasteiger partial charge in [-0.25, -0.2) is 0 Å². The molecule has 0 saturated carbocycles. The minimum absolute atomic E-state index is 0. The molecular formula is C10H27BrO2. The van der Waals surface area contributed by atoms with Gasteiger partial charge in [-0.15, -0.1) is 0 Å². The highest BCUT2D eigenvalue weighted by Crippen LogP contribution is 1.80. The second-order valence-corrected chi connectivity index (χ2v) is 2.06. The van der Waals surface area contributed by atoms with Crippen LogP contribution in [0.2, 0.25) is 0 Å². The Balaban J connectivity index is -0.0000000133. The van der Waals surface area contributed by atoms with E-state index in [1.54, 1.807) is 0 Å². The van der Waals surface area contributed by atoms with Crippen LogP contribution in [0.15, 0.2) is 0 Å². The Bertz CT molecular complexity index is 48.2. The summed E-state index contributed by atoms with van der Waals surface area (Å²) in [6.07, 6.45) is 2.75. The molecule has 0 amide bonds. The van der Waals surface area contributed by atoms with Crippen LogP contribution in [0.3, 0.4) is 0 Å². The van der Waals surface area contributed by atoms with Crippen LogP contribution in [-0.4, -0.2) is 18.4 Å². The number of halogens is 1. The third-order valence-electron chi connectivity index (χ3n) is 0.356. The van der Waals surface area contributed by atoms with E-state index in [0.717, 1.165) is 11.6 Å². The Hall–Kier alpha value is -0.180. The van der Waals surface area contributed by atoms with Gasteiger partial charge in [0.25, 0.3) is 0 Å². The minimum Gasteiger partial charge on any atom is -0.307 e. The highest BCUT2D eigenvalue weighted by atomic mass is 79.9. The number of carbonyl (C=O) groups excluding carboxylic acids is 2. The van der Waals surface area contributed by atoms with Crippen molar-refractivity contribution < 1.29 is 9.59 Å². The maximum atomic E-state index is 9.17. The molecule has 0 bridgehead atoms. The van der Waals surface area contributed by atoms with E-state index in [0.29, 0.717) is 6.42 Å². The third-order valence-corrected chi connectivity index (χ3v) is 1.15. The van der Waals surface area contributed by atoms with Gasteiger partial charge in [0.2, 0.25) is 0 Å². The smallest absolute Gasteiger partial charge is 0.119 e. The van der Waals surface area contributed by atoms with Crippen LogP contribution >= 0.6 is 15.9 Å². The molecule has 0 aliphatic heterocycles. The lowest BCUT2D eigenvalue weighted by atomic mass is 10.6. The molecule has 0 unspecified atom stereocenters. The van der Waals surface area contributed by atoms with Crippen molar-refractivity contribution in [2.45, 2.75) is 49.0 Å². The molecule has 3 heteroatoms. The van der Waals surface area contributed by atoms with E-state index in [9.17, 15) is 4.79 Å². The molecule has 86 valence electrons. The second kappa shape index (κ2) is 94.8. The number of aldehydes is 1. The number of rotatable bonds is 2. The van der Waals surface area contributed by atoms with Gasteiger partial charge in [-0.1, -0.05) is 52.1 Å². The molecule has 0 spiro atoms. The summed E-state index contributed by atoms with van der Waals surface area (Å²) in [6.45, 7) is 5.95. The van der Waals surface area contributed by atoms with E-state index in [4.69, 9.17) is 4.79 Å². The van der Waals surface area contributed by atoms with Gasteiger partial charge in [-0.05, 0) is 6.42 Å². The van der Waals surface area contributed by atoms with Crippen molar-refractivity contribution in [1.29, 1.82) is 0 Å². The van der Waals surface area contributed by atoms with Crippen molar-refractivity contribution in [3.05, 3.63) is 0 Å². The minimum atomic E-state index is 0. The summed E-state index contributed by atoms with van der Waals surface area (Å²) in [7, 11) is 0. The Morgan fingerprint density at radius 3 is 1.31 bits per heavy atom. The molecule has 0 N–H and O–H groups in total. The number of hydrogen-bond donors (Lipinski definition) is 0. The Morgan fingerprint density at radius 1 is 1.15 bits per heavy atom. The summed E-state index contributed by atoms with van der Waals surface area (Å²) < 4.78 is 0. The molecule has 0 aromatic carbocycles. The van der Waals surface area contributed by atoms with Crippen LogP contribution in [0.4, 0.5) is 0 Å². The average Bonchev–Trinajstić information content (AvgIpc) is 2.08. The van der Waals surface area contributed by atoms with Gasteiger partial charge in [0, 0.05) is 11.8 Å². The monoisotopic (exact) mass is 258 g/mol. The fraction of sp³-hybridized carbons (Fsp3) is 0.800. The van der Waals surface area contributed by atoms with E-state index in [1.165, 1.54) is 6.42 Å². The van der Waals surface area contributed by atoms with E-state index < -0.39 is 0 Å². The molecule has 0 aliphatic carbocycles. The fourth-order valence-corrected chi connectivity index (χ4v) is 0. The number of carbonyl (C=O) groups is 2. The lowest BCUT2D eigenvalue weighted by molar-refractivity contribution is -0.107. The Kier molecular flexibility index (Phi) is 281. The molecule has 2 nitrogen and oxygen atoms in total. The predicted octanol–water partition coefficient (Wildman–Crippen LogP) is 4.11. The molecule has 0 radical (unpaired) electrons. The summed E-state index contributed by atoms with van der Waals surface area (Å²) in [6, 6.07) is 0. The van der Waals surface area contributed by atoms with Gasteiger partial charge in [0.1, 0.15) is 13.1 Å². The molecule has 0 heterocycles. The lowest BCUT2D eigenvalue weighted by Crippen LogP contribution is -1.55. The molecule has 0 saturated heterocycles. The summed E-state index contributed by atoms with van der Waals surface area (Å²) in [5, 5.41) is 1.13. The van der Waals surface area contributed by atoms with Gasteiger partial charge in [-0.3, -0.25) is 0 Å². The van der Waals surface area contributed by atoms with Crippen LogP contribution in [-0.2, 0) is 9.59 Å². The van der Waals surface area contributed by atoms with Crippen molar-refractivity contribution in [3.63, 3.8) is 0 Å². The van der Waals surface area contributed by atoms with E-state index in [1.807, 2.05) is 13.7 Å². The average molecular weight is 259 g/mol. The maximum absolute atomic E-state index is 9.17. The predicted molar refractivity (Wildman–Crippen MR) is 67.8 cm³/mol. The zero-order chi connectivity index (χ0) is 8.83. The Morgan fingerprint density at radius 2 is 1.31 bits per heavy atom. The van der Waals surface area contributed by atoms with E-state index in [2.05, 4.69) is 22.9 Å². The molecule has 0 rings (SSSR count). The highest BCUT2D eigenvalue weighted by Gasteiger charge is 1.58. The number of hydrogen-bond acceptors (Lipinski definition) is 2. The molecule has 0 fully saturated rings. The normalized spacial score (nSPS) is 4.54. The van der Waals surface area contributed by atoms with Crippen molar-refractivity contribution in [2.75, 3.05) is 5.33 Å².